The molecule has 1 saturated heterocycles. The highest BCUT2D eigenvalue weighted by molar-refractivity contribution is 6.10. The highest BCUT2D eigenvalue weighted by atomic mass is 16.5. The van der Waals surface area contributed by atoms with E-state index in [1.165, 1.54) is 5.56 Å². The van der Waals surface area contributed by atoms with Crippen LogP contribution < -0.4 is 10.6 Å². The molecule has 4 nitrogen and oxygen atoms in total. The number of ether oxygens (including phenoxy) is 1. The van der Waals surface area contributed by atoms with Crippen LogP contribution in [0.2, 0.25) is 0 Å². The lowest BCUT2D eigenvalue weighted by Crippen LogP contribution is -2.36. The van der Waals surface area contributed by atoms with Gasteiger partial charge in [0, 0.05) is 24.2 Å². The van der Waals surface area contributed by atoms with Crippen molar-refractivity contribution in [3.05, 3.63) is 58.7 Å². The fourth-order valence-electron chi connectivity index (χ4n) is 2.84. The Hall–Kier alpha value is -2.33. The zero-order chi connectivity index (χ0) is 16.4. The van der Waals surface area contributed by atoms with E-state index in [0.717, 1.165) is 24.3 Å². The number of carbonyl (C=O) groups excluding carboxylic acids is 1. The quantitative estimate of drug-likeness (QED) is 0.699. The normalized spacial score (nSPS) is 14.8. The predicted octanol–water partition coefficient (Wildman–Crippen LogP) is 2.95. The first-order valence-electron chi connectivity index (χ1n) is 7.90. The van der Waals surface area contributed by atoms with Crippen molar-refractivity contribution < 1.29 is 9.53 Å². The summed E-state index contributed by atoms with van der Waals surface area (Å²) in [5.74, 6) is 0.00771. The number of nitrogen functional groups attached to an aromatic ring is 1. The minimum atomic E-state index is 0.00771. The van der Waals surface area contributed by atoms with Gasteiger partial charge in [0.05, 0.1) is 24.6 Å². The van der Waals surface area contributed by atoms with Gasteiger partial charge in [0.1, 0.15) is 0 Å². The molecule has 0 bridgehead atoms. The monoisotopic (exact) mass is 310 g/mol. The van der Waals surface area contributed by atoms with Crippen LogP contribution in [-0.4, -0.2) is 32.1 Å². The van der Waals surface area contributed by atoms with Gasteiger partial charge in [-0.25, -0.2) is 0 Å². The number of hydrogen-bond donors (Lipinski definition) is 1. The van der Waals surface area contributed by atoms with Gasteiger partial charge < -0.3 is 15.4 Å². The molecule has 0 atom stereocenters. The van der Waals surface area contributed by atoms with Crippen LogP contribution in [0.1, 0.15) is 27.0 Å². The maximum atomic E-state index is 12.7. The molecule has 1 aliphatic heterocycles. The second kappa shape index (κ2) is 6.42. The van der Waals surface area contributed by atoms with Crippen molar-refractivity contribution in [2.24, 2.45) is 0 Å². The van der Waals surface area contributed by atoms with Crippen molar-refractivity contribution in [3.8, 4) is 0 Å². The second-order valence-corrected chi connectivity index (χ2v) is 6.00. The molecule has 1 heterocycles. The van der Waals surface area contributed by atoms with Crippen LogP contribution in [0.3, 0.4) is 0 Å². The summed E-state index contributed by atoms with van der Waals surface area (Å²) in [6.07, 6.45) is 0. The van der Waals surface area contributed by atoms with Crippen molar-refractivity contribution in [2.45, 2.75) is 13.8 Å². The third kappa shape index (κ3) is 3.22. The molecule has 120 valence electrons. The molecule has 23 heavy (non-hydrogen) atoms. The number of anilines is 2. The van der Waals surface area contributed by atoms with Crippen molar-refractivity contribution in [3.63, 3.8) is 0 Å². The Labute approximate surface area is 136 Å². The summed E-state index contributed by atoms with van der Waals surface area (Å²) in [5.41, 5.74) is 11.4. The topological polar surface area (TPSA) is 55.6 Å². The number of nitrogens with two attached hydrogens (primary N) is 1. The molecule has 0 aliphatic carbocycles. The first-order chi connectivity index (χ1) is 11.1. The van der Waals surface area contributed by atoms with E-state index in [1.807, 2.05) is 44.2 Å². The molecule has 3 rings (SSSR count). The minimum Gasteiger partial charge on any atom is -0.397 e. The number of hydrogen-bond acceptors (Lipinski definition) is 4. The molecule has 2 aromatic rings. The van der Waals surface area contributed by atoms with Gasteiger partial charge in [-0.1, -0.05) is 12.1 Å². The lowest BCUT2D eigenvalue weighted by Gasteiger charge is -2.30. The first kappa shape index (κ1) is 15.6. The summed E-state index contributed by atoms with van der Waals surface area (Å²) in [7, 11) is 0. The van der Waals surface area contributed by atoms with E-state index in [1.54, 1.807) is 6.07 Å². The fourth-order valence-corrected chi connectivity index (χ4v) is 2.84. The van der Waals surface area contributed by atoms with Gasteiger partial charge in [0.25, 0.3) is 0 Å². The van der Waals surface area contributed by atoms with E-state index in [0.29, 0.717) is 30.0 Å². The van der Waals surface area contributed by atoms with Gasteiger partial charge in [-0.05, 0) is 49.2 Å². The van der Waals surface area contributed by atoms with E-state index < -0.39 is 0 Å². The molecular formula is C19H22N2O2. The Morgan fingerprint density at radius 2 is 1.65 bits per heavy atom. The molecule has 0 aromatic heterocycles. The van der Waals surface area contributed by atoms with Crippen LogP contribution in [0.5, 0.6) is 0 Å². The Kier molecular flexibility index (Phi) is 4.35. The number of morpholine rings is 1. The Morgan fingerprint density at radius 3 is 2.30 bits per heavy atom. The third-order valence-corrected chi connectivity index (χ3v) is 4.41. The molecule has 0 spiro atoms. The maximum Gasteiger partial charge on any atom is 0.193 e. The summed E-state index contributed by atoms with van der Waals surface area (Å²) in [6.45, 7) is 7.13. The third-order valence-electron chi connectivity index (χ3n) is 4.41. The summed E-state index contributed by atoms with van der Waals surface area (Å²) in [5, 5.41) is 0. The van der Waals surface area contributed by atoms with E-state index in [2.05, 4.69) is 4.90 Å². The van der Waals surface area contributed by atoms with Crippen molar-refractivity contribution in [1.82, 2.24) is 0 Å². The van der Waals surface area contributed by atoms with Gasteiger partial charge in [-0.15, -0.1) is 0 Å². The fraction of sp³-hybridized carbons (Fsp3) is 0.316. The zero-order valence-electron chi connectivity index (χ0n) is 13.6. The number of aryl methyl sites for hydroxylation is 2. The highest BCUT2D eigenvalue weighted by Crippen LogP contribution is 2.26. The average molecular weight is 310 g/mol. The molecule has 0 saturated carbocycles. The molecule has 4 heteroatoms. The molecule has 0 radical (unpaired) electrons. The van der Waals surface area contributed by atoms with Gasteiger partial charge in [-0.2, -0.15) is 0 Å². The van der Waals surface area contributed by atoms with E-state index in [9.17, 15) is 4.79 Å². The average Bonchev–Trinajstić information content (AvgIpc) is 2.57. The van der Waals surface area contributed by atoms with Crippen LogP contribution in [0.25, 0.3) is 0 Å². The molecule has 1 aliphatic rings. The Balaban J connectivity index is 1.86. The summed E-state index contributed by atoms with van der Waals surface area (Å²) < 4.78 is 5.37. The highest BCUT2D eigenvalue weighted by Gasteiger charge is 2.16. The molecule has 1 fully saturated rings. The summed E-state index contributed by atoms with van der Waals surface area (Å²) in [6, 6.07) is 11.4. The van der Waals surface area contributed by atoms with Gasteiger partial charge >= 0.3 is 0 Å². The molecular weight excluding hydrogens is 288 g/mol. The van der Waals surface area contributed by atoms with Crippen LogP contribution in [0, 0.1) is 13.8 Å². The summed E-state index contributed by atoms with van der Waals surface area (Å²) >= 11 is 0. The predicted molar refractivity (Wildman–Crippen MR) is 93.2 cm³/mol. The molecule has 2 N–H and O–H groups in total. The van der Waals surface area contributed by atoms with Crippen molar-refractivity contribution in [2.75, 3.05) is 36.9 Å². The largest absolute Gasteiger partial charge is 0.397 e. The van der Waals surface area contributed by atoms with Gasteiger partial charge in [0.15, 0.2) is 5.78 Å². The number of ketones is 1. The first-order valence-corrected chi connectivity index (χ1v) is 7.90. The SMILES string of the molecule is Cc1ccc(C(=O)c2ccc(N3CCOCC3)c(N)c2)cc1C. The molecule has 2 aromatic carbocycles. The zero-order valence-corrected chi connectivity index (χ0v) is 13.6. The van der Waals surface area contributed by atoms with Crippen LogP contribution in [0.4, 0.5) is 11.4 Å². The standard InChI is InChI=1S/C19H22N2O2/c1-13-3-4-15(11-14(13)2)19(22)16-5-6-18(17(20)12-16)21-7-9-23-10-8-21/h3-6,11-12H,7-10,20H2,1-2H3. The van der Waals surface area contributed by atoms with Gasteiger partial charge in [-0.3, -0.25) is 4.79 Å². The molecule has 0 unspecified atom stereocenters. The minimum absolute atomic E-state index is 0.00771. The smallest absolute Gasteiger partial charge is 0.193 e. The van der Waals surface area contributed by atoms with E-state index >= 15 is 0 Å². The van der Waals surface area contributed by atoms with Crippen molar-refractivity contribution >= 4 is 17.2 Å². The van der Waals surface area contributed by atoms with Crippen LogP contribution >= 0.6 is 0 Å². The Morgan fingerprint density at radius 1 is 1.00 bits per heavy atom. The maximum absolute atomic E-state index is 12.7. The van der Waals surface area contributed by atoms with Crippen molar-refractivity contribution in [1.29, 1.82) is 0 Å². The number of rotatable bonds is 3. The van der Waals surface area contributed by atoms with E-state index in [4.69, 9.17) is 10.5 Å². The lowest BCUT2D eigenvalue weighted by molar-refractivity contribution is 0.103. The number of benzene rings is 2. The Bertz CT molecular complexity index is 734. The van der Waals surface area contributed by atoms with Gasteiger partial charge in [0.2, 0.25) is 0 Å². The van der Waals surface area contributed by atoms with E-state index in [-0.39, 0.29) is 5.78 Å². The van der Waals surface area contributed by atoms with Crippen LogP contribution in [-0.2, 0) is 4.74 Å². The lowest BCUT2D eigenvalue weighted by atomic mass is 9.98. The number of nitrogens with zero attached hydrogens (tertiary/aromatic N) is 1. The summed E-state index contributed by atoms with van der Waals surface area (Å²) in [4.78, 5) is 14.9. The number of carbonyl (C=O) groups is 1. The second-order valence-electron chi connectivity index (χ2n) is 6.00. The van der Waals surface area contributed by atoms with Crippen LogP contribution in [0.15, 0.2) is 36.4 Å². The molecule has 0 amide bonds.